The quantitative estimate of drug-likeness (QED) is 0.843. The minimum atomic E-state index is -4.53. The summed E-state index contributed by atoms with van der Waals surface area (Å²) >= 11 is 0. The van der Waals surface area contributed by atoms with Crippen molar-refractivity contribution < 1.29 is 22.7 Å². The molecule has 1 fully saturated rings. The number of hydrogen-bond acceptors (Lipinski definition) is 3. The first kappa shape index (κ1) is 15.6. The zero-order valence-electron chi connectivity index (χ0n) is 11.4. The van der Waals surface area contributed by atoms with Gasteiger partial charge in [0.2, 0.25) is 0 Å². The van der Waals surface area contributed by atoms with E-state index in [4.69, 9.17) is 10.5 Å². The first-order valence-electron chi connectivity index (χ1n) is 6.72. The van der Waals surface area contributed by atoms with Gasteiger partial charge in [0.05, 0.1) is 5.56 Å². The van der Waals surface area contributed by atoms with Crippen LogP contribution in [-0.2, 0) is 17.4 Å². The van der Waals surface area contributed by atoms with E-state index in [1.807, 2.05) is 0 Å². The molecule has 1 amide bonds. The molecule has 0 heterocycles. The molecule has 0 radical (unpaired) electrons. The topological polar surface area (TPSA) is 64.3 Å². The summed E-state index contributed by atoms with van der Waals surface area (Å²) in [5, 5.41) is 2.65. The summed E-state index contributed by atoms with van der Waals surface area (Å²) in [7, 11) is 0. The van der Waals surface area contributed by atoms with Gasteiger partial charge >= 0.3 is 6.18 Å². The Morgan fingerprint density at radius 2 is 2.10 bits per heavy atom. The van der Waals surface area contributed by atoms with Gasteiger partial charge < -0.3 is 15.8 Å². The fourth-order valence-electron chi connectivity index (χ4n) is 1.89. The van der Waals surface area contributed by atoms with Gasteiger partial charge in [0.1, 0.15) is 5.75 Å². The van der Waals surface area contributed by atoms with Crippen molar-refractivity contribution in [3.63, 3.8) is 0 Å². The minimum Gasteiger partial charge on any atom is -0.483 e. The van der Waals surface area contributed by atoms with Gasteiger partial charge in [-0.1, -0.05) is 6.07 Å². The van der Waals surface area contributed by atoms with Crippen molar-refractivity contribution >= 4 is 5.91 Å². The van der Waals surface area contributed by atoms with E-state index in [-0.39, 0.29) is 18.3 Å². The molecule has 0 spiro atoms. The van der Waals surface area contributed by atoms with Crippen LogP contribution in [-0.4, -0.2) is 25.1 Å². The number of carbonyl (C=O) groups is 1. The molecular weight excluding hydrogens is 285 g/mol. The number of benzene rings is 1. The largest absolute Gasteiger partial charge is 0.483 e. The second-order valence-corrected chi connectivity index (χ2v) is 5.00. The molecule has 2 rings (SSSR count). The first-order valence-corrected chi connectivity index (χ1v) is 6.72. The van der Waals surface area contributed by atoms with E-state index in [1.165, 1.54) is 12.1 Å². The Morgan fingerprint density at radius 3 is 2.67 bits per heavy atom. The molecule has 7 heteroatoms. The number of hydrogen-bond donors (Lipinski definition) is 2. The normalized spacial score (nSPS) is 14.9. The van der Waals surface area contributed by atoms with Crippen LogP contribution >= 0.6 is 0 Å². The third-order valence-corrected chi connectivity index (χ3v) is 3.08. The van der Waals surface area contributed by atoms with E-state index in [1.54, 1.807) is 0 Å². The Bertz CT molecular complexity index is 513. The molecule has 1 aromatic rings. The molecule has 4 nitrogen and oxygen atoms in total. The van der Waals surface area contributed by atoms with E-state index >= 15 is 0 Å². The fourth-order valence-corrected chi connectivity index (χ4v) is 1.89. The second kappa shape index (κ2) is 6.34. The molecule has 0 saturated heterocycles. The Labute approximate surface area is 120 Å². The summed E-state index contributed by atoms with van der Waals surface area (Å²) in [5.41, 5.74) is 4.95. The highest BCUT2D eigenvalue weighted by Gasteiger charge is 2.35. The van der Waals surface area contributed by atoms with E-state index in [9.17, 15) is 18.0 Å². The maximum absolute atomic E-state index is 13.0. The van der Waals surface area contributed by atoms with Crippen molar-refractivity contribution in [3.8, 4) is 5.75 Å². The number of rotatable bonds is 6. The van der Waals surface area contributed by atoms with Gasteiger partial charge in [0, 0.05) is 6.04 Å². The summed E-state index contributed by atoms with van der Waals surface area (Å²) in [5.74, 6) is -0.745. The van der Waals surface area contributed by atoms with Gasteiger partial charge in [-0.05, 0) is 43.5 Å². The van der Waals surface area contributed by atoms with E-state index in [0.717, 1.165) is 18.9 Å². The third kappa shape index (κ3) is 4.63. The summed E-state index contributed by atoms with van der Waals surface area (Å²) in [6, 6.07) is 3.92. The van der Waals surface area contributed by atoms with Gasteiger partial charge in [0.15, 0.2) is 6.61 Å². The maximum Gasteiger partial charge on any atom is 0.419 e. The zero-order chi connectivity index (χ0) is 15.5. The number of alkyl halides is 3. The van der Waals surface area contributed by atoms with Crippen molar-refractivity contribution in [1.29, 1.82) is 0 Å². The van der Waals surface area contributed by atoms with Crippen molar-refractivity contribution in [2.24, 2.45) is 5.73 Å². The molecule has 0 aliphatic heterocycles. The molecule has 21 heavy (non-hydrogen) atoms. The summed E-state index contributed by atoms with van der Waals surface area (Å²) in [4.78, 5) is 11.5. The highest BCUT2D eigenvalue weighted by Crippen LogP contribution is 2.36. The maximum atomic E-state index is 13.0. The molecular formula is C14H17F3N2O2. The fraction of sp³-hybridized carbons (Fsp3) is 0.500. The number of nitrogens with one attached hydrogen (secondary N) is 1. The monoisotopic (exact) mass is 302 g/mol. The van der Waals surface area contributed by atoms with Crippen molar-refractivity contribution in [3.05, 3.63) is 29.3 Å². The standard InChI is InChI=1S/C14H17F3N2O2/c15-14(16,17)11-7-9(5-6-18)1-4-12(11)21-8-13(20)19-10-2-3-10/h1,4,7,10H,2-3,5-6,8,18H2,(H,19,20). The number of nitrogens with two attached hydrogens (primary N) is 1. The molecule has 1 saturated carbocycles. The van der Waals surface area contributed by atoms with Crippen molar-refractivity contribution in [2.45, 2.75) is 31.5 Å². The number of halogens is 3. The van der Waals surface area contributed by atoms with Gasteiger partial charge in [-0.25, -0.2) is 0 Å². The lowest BCUT2D eigenvalue weighted by atomic mass is 10.1. The van der Waals surface area contributed by atoms with Gasteiger partial charge in [0.25, 0.3) is 5.91 Å². The van der Waals surface area contributed by atoms with Crippen LogP contribution in [0.2, 0.25) is 0 Å². The first-order chi connectivity index (χ1) is 9.90. The molecule has 0 unspecified atom stereocenters. The van der Waals surface area contributed by atoms with Gasteiger partial charge in [-0.15, -0.1) is 0 Å². The highest BCUT2D eigenvalue weighted by molar-refractivity contribution is 5.78. The molecule has 0 bridgehead atoms. The summed E-state index contributed by atoms with van der Waals surface area (Å²) < 4.78 is 44.0. The minimum absolute atomic E-state index is 0.148. The summed E-state index contributed by atoms with van der Waals surface area (Å²) in [6.45, 7) is -0.156. The lowest BCUT2D eigenvalue weighted by molar-refractivity contribution is -0.139. The van der Waals surface area contributed by atoms with Crippen LogP contribution in [0.5, 0.6) is 5.75 Å². The van der Waals surface area contributed by atoms with Crippen LogP contribution in [0.1, 0.15) is 24.0 Å². The average Bonchev–Trinajstić information content (AvgIpc) is 3.20. The van der Waals surface area contributed by atoms with Crippen LogP contribution in [0.4, 0.5) is 13.2 Å². The molecule has 1 aromatic carbocycles. The van der Waals surface area contributed by atoms with Crippen LogP contribution in [0.3, 0.4) is 0 Å². The van der Waals surface area contributed by atoms with E-state index in [2.05, 4.69) is 5.32 Å². The lowest BCUT2D eigenvalue weighted by Crippen LogP contribution is -2.30. The van der Waals surface area contributed by atoms with Crippen LogP contribution in [0.15, 0.2) is 18.2 Å². The molecule has 3 N–H and O–H groups in total. The van der Waals surface area contributed by atoms with Crippen molar-refractivity contribution in [1.82, 2.24) is 5.32 Å². The number of carbonyl (C=O) groups excluding carboxylic acids is 1. The third-order valence-electron chi connectivity index (χ3n) is 3.08. The Hall–Kier alpha value is -1.76. The zero-order valence-corrected chi connectivity index (χ0v) is 11.4. The summed E-state index contributed by atoms with van der Waals surface area (Å²) in [6.07, 6.45) is -2.36. The second-order valence-electron chi connectivity index (χ2n) is 5.00. The lowest BCUT2D eigenvalue weighted by Gasteiger charge is -2.15. The SMILES string of the molecule is NCCc1ccc(OCC(=O)NC2CC2)c(C(F)(F)F)c1. The van der Waals surface area contributed by atoms with E-state index < -0.39 is 24.3 Å². The number of amides is 1. The van der Waals surface area contributed by atoms with Gasteiger partial charge in [-0.3, -0.25) is 4.79 Å². The molecule has 116 valence electrons. The van der Waals surface area contributed by atoms with Crippen LogP contribution in [0, 0.1) is 0 Å². The molecule has 1 aliphatic carbocycles. The highest BCUT2D eigenvalue weighted by atomic mass is 19.4. The Balaban J connectivity index is 2.07. The molecule has 1 aliphatic rings. The predicted molar refractivity (Wildman–Crippen MR) is 70.9 cm³/mol. The van der Waals surface area contributed by atoms with Crippen LogP contribution in [0.25, 0.3) is 0 Å². The average molecular weight is 302 g/mol. The van der Waals surface area contributed by atoms with Crippen molar-refractivity contribution in [2.75, 3.05) is 13.2 Å². The van der Waals surface area contributed by atoms with E-state index in [0.29, 0.717) is 12.0 Å². The number of ether oxygens (including phenoxy) is 1. The molecule has 0 aromatic heterocycles. The Morgan fingerprint density at radius 1 is 1.38 bits per heavy atom. The van der Waals surface area contributed by atoms with Crippen LogP contribution < -0.4 is 15.8 Å². The van der Waals surface area contributed by atoms with Gasteiger partial charge in [-0.2, -0.15) is 13.2 Å². The smallest absolute Gasteiger partial charge is 0.419 e. The predicted octanol–water partition coefficient (Wildman–Crippen LogP) is 1.86. The Kier molecular flexibility index (Phi) is 4.72. The molecule has 0 atom stereocenters.